The molecule has 4 heteroatoms. The smallest absolute Gasteiger partial charge is 0.258 e. The molecule has 0 amide bonds. The van der Waals surface area contributed by atoms with Crippen LogP contribution in [0.4, 0.5) is 5.69 Å². The molecule has 0 saturated heterocycles. The number of nitro groups is 1. The van der Waals surface area contributed by atoms with Crippen molar-refractivity contribution in [2.24, 2.45) is 0 Å². The Bertz CT molecular complexity index is 335. The number of unbranched alkanes of at least 4 members (excludes halogenated alkanes) is 2. The van der Waals surface area contributed by atoms with E-state index in [9.17, 15) is 15.2 Å². The standard InChI is InChI=1S/C12H16NO3/c1-2-3-4-5-12(14)10-6-8-11(9-7-10)13(15)16/h6-9,12H,2-5H2,1H3. The Kier molecular flexibility index (Phi) is 4.92. The van der Waals surface area contributed by atoms with Gasteiger partial charge in [0.05, 0.1) is 4.92 Å². The Morgan fingerprint density at radius 1 is 1.25 bits per heavy atom. The van der Waals surface area contributed by atoms with Gasteiger partial charge in [-0.3, -0.25) is 10.1 Å². The van der Waals surface area contributed by atoms with E-state index in [-0.39, 0.29) is 5.69 Å². The summed E-state index contributed by atoms with van der Waals surface area (Å²) in [5.41, 5.74) is 0.672. The normalized spacial score (nSPS) is 12.4. The average Bonchev–Trinajstić information content (AvgIpc) is 2.29. The summed E-state index contributed by atoms with van der Waals surface area (Å²) >= 11 is 0. The third kappa shape index (κ3) is 3.62. The van der Waals surface area contributed by atoms with Gasteiger partial charge in [-0.2, -0.15) is 0 Å². The second-order valence-electron chi connectivity index (χ2n) is 3.83. The lowest BCUT2D eigenvalue weighted by molar-refractivity contribution is -0.384. The van der Waals surface area contributed by atoms with Crippen molar-refractivity contribution in [3.8, 4) is 0 Å². The topological polar surface area (TPSA) is 63.0 Å². The zero-order valence-electron chi connectivity index (χ0n) is 9.39. The minimum atomic E-state index is -0.757. The van der Waals surface area contributed by atoms with Gasteiger partial charge in [0.1, 0.15) is 6.10 Å². The molecule has 1 radical (unpaired) electrons. The van der Waals surface area contributed by atoms with Gasteiger partial charge in [0.2, 0.25) is 0 Å². The van der Waals surface area contributed by atoms with E-state index in [1.807, 2.05) is 0 Å². The van der Waals surface area contributed by atoms with Crippen molar-refractivity contribution < 1.29 is 10.0 Å². The molecule has 0 aromatic heterocycles. The molecule has 0 bridgehead atoms. The van der Waals surface area contributed by atoms with E-state index in [4.69, 9.17) is 0 Å². The Balaban J connectivity index is 2.56. The summed E-state index contributed by atoms with van der Waals surface area (Å²) in [4.78, 5) is 9.96. The number of rotatable bonds is 6. The third-order valence-electron chi connectivity index (χ3n) is 2.55. The van der Waals surface area contributed by atoms with Gasteiger partial charge in [-0.15, -0.1) is 0 Å². The van der Waals surface area contributed by atoms with E-state index in [1.54, 1.807) is 12.1 Å². The molecule has 87 valence electrons. The van der Waals surface area contributed by atoms with Gasteiger partial charge in [0.15, 0.2) is 0 Å². The van der Waals surface area contributed by atoms with Crippen molar-refractivity contribution in [3.05, 3.63) is 39.9 Å². The van der Waals surface area contributed by atoms with E-state index in [0.717, 1.165) is 19.3 Å². The number of benzene rings is 1. The van der Waals surface area contributed by atoms with Crippen molar-refractivity contribution >= 4 is 5.69 Å². The summed E-state index contributed by atoms with van der Waals surface area (Å²) in [6.07, 6.45) is 2.92. The number of hydrogen-bond donors (Lipinski definition) is 0. The molecule has 1 aromatic rings. The maximum Gasteiger partial charge on any atom is 0.269 e. The van der Waals surface area contributed by atoms with Gasteiger partial charge in [-0.25, -0.2) is 5.11 Å². The predicted molar refractivity (Wildman–Crippen MR) is 60.7 cm³/mol. The highest BCUT2D eigenvalue weighted by atomic mass is 16.6. The summed E-state index contributed by atoms with van der Waals surface area (Å²) in [5.74, 6) is 0. The van der Waals surface area contributed by atoms with Crippen molar-refractivity contribution in [2.45, 2.75) is 38.7 Å². The molecule has 0 fully saturated rings. The van der Waals surface area contributed by atoms with Crippen LogP contribution in [0.1, 0.15) is 44.3 Å². The number of nitrogens with zero attached hydrogens (tertiary/aromatic N) is 1. The van der Waals surface area contributed by atoms with Crippen LogP contribution in [0.25, 0.3) is 0 Å². The number of non-ortho nitro benzene ring substituents is 1. The summed E-state index contributed by atoms with van der Waals surface area (Å²) in [6, 6.07) is 5.89. The Labute approximate surface area is 95.1 Å². The lowest BCUT2D eigenvalue weighted by Gasteiger charge is -2.07. The molecule has 1 rings (SSSR count). The van der Waals surface area contributed by atoms with Crippen LogP contribution in [0.5, 0.6) is 0 Å². The fourth-order valence-corrected chi connectivity index (χ4v) is 1.56. The molecule has 0 N–H and O–H groups in total. The van der Waals surface area contributed by atoms with Crippen LogP contribution in [0.3, 0.4) is 0 Å². The molecule has 0 aliphatic carbocycles. The minimum absolute atomic E-state index is 0.0320. The van der Waals surface area contributed by atoms with Crippen molar-refractivity contribution in [2.75, 3.05) is 0 Å². The molecular weight excluding hydrogens is 206 g/mol. The molecule has 0 aliphatic rings. The Morgan fingerprint density at radius 2 is 1.88 bits per heavy atom. The van der Waals surface area contributed by atoms with Gasteiger partial charge >= 0.3 is 0 Å². The van der Waals surface area contributed by atoms with Crippen LogP contribution in [-0.4, -0.2) is 4.92 Å². The first-order valence-corrected chi connectivity index (χ1v) is 5.55. The van der Waals surface area contributed by atoms with Crippen molar-refractivity contribution in [1.29, 1.82) is 0 Å². The zero-order chi connectivity index (χ0) is 12.0. The highest BCUT2D eigenvalue weighted by Crippen LogP contribution is 2.22. The van der Waals surface area contributed by atoms with Crippen molar-refractivity contribution in [3.63, 3.8) is 0 Å². The van der Waals surface area contributed by atoms with Crippen LogP contribution < -0.4 is 0 Å². The molecule has 1 atom stereocenters. The summed E-state index contributed by atoms with van der Waals surface area (Å²) in [7, 11) is 0. The molecule has 1 aromatic carbocycles. The van der Waals surface area contributed by atoms with Crippen LogP contribution in [0.15, 0.2) is 24.3 Å². The lowest BCUT2D eigenvalue weighted by Crippen LogP contribution is -1.96. The first-order valence-electron chi connectivity index (χ1n) is 5.55. The summed E-state index contributed by atoms with van der Waals surface area (Å²) < 4.78 is 0. The van der Waals surface area contributed by atoms with E-state index >= 15 is 0 Å². The predicted octanol–water partition coefficient (Wildman–Crippen LogP) is 3.65. The fraction of sp³-hybridized carbons (Fsp3) is 0.500. The lowest BCUT2D eigenvalue weighted by atomic mass is 10.0. The highest BCUT2D eigenvalue weighted by molar-refractivity contribution is 5.33. The molecule has 0 aliphatic heterocycles. The van der Waals surface area contributed by atoms with E-state index in [0.29, 0.717) is 12.0 Å². The number of hydrogen-bond acceptors (Lipinski definition) is 2. The SMILES string of the molecule is CCCCCC([O])c1ccc([N+](=O)[O-])cc1. The molecule has 0 heterocycles. The number of nitro benzene ring substituents is 1. The highest BCUT2D eigenvalue weighted by Gasteiger charge is 2.11. The van der Waals surface area contributed by atoms with Crippen LogP contribution in [0.2, 0.25) is 0 Å². The molecule has 1 unspecified atom stereocenters. The quantitative estimate of drug-likeness (QED) is 0.419. The minimum Gasteiger partial charge on any atom is -0.258 e. The van der Waals surface area contributed by atoms with E-state index in [2.05, 4.69) is 6.92 Å². The van der Waals surface area contributed by atoms with Crippen LogP contribution >= 0.6 is 0 Å². The second kappa shape index (κ2) is 6.23. The zero-order valence-corrected chi connectivity index (χ0v) is 9.39. The summed E-state index contributed by atoms with van der Waals surface area (Å²) in [6.45, 7) is 2.09. The fourth-order valence-electron chi connectivity index (χ4n) is 1.56. The molecule has 16 heavy (non-hydrogen) atoms. The second-order valence-corrected chi connectivity index (χ2v) is 3.83. The van der Waals surface area contributed by atoms with Gasteiger partial charge in [-0.1, -0.05) is 26.2 Å². The van der Waals surface area contributed by atoms with Crippen LogP contribution in [-0.2, 0) is 5.11 Å². The van der Waals surface area contributed by atoms with Gasteiger partial charge in [-0.05, 0) is 24.1 Å². The van der Waals surface area contributed by atoms with Crippen LogP contribution in [0, 0.1) is 10.1 Å². The van der Waals surface area contributed by atoms with Gasteiger partial charge in [0.25, 0.3) is 5.69 Å². The Hall–Kier alpha value is -1.42. The average molecular weight is 222 g/mol. The maximum absolute atomic E-state index is 11.7. The third-order valence-corrected chi connectivity index (χ3v) is 2.55. The largest absolute Gasteiger partial charge is 0.269 e. The molecule has 0 saturated carbocycles. The monoisotopic (exact) mass is 222 g/mol. The first-order chi connectivity index (χ1) is 7.65. The first kappa shape index (κ1) is 12.6. The van der Waals surface area contributed by atoms with E-state index in [1.165, 1.54) is 12.1 Å². The van der Waals surface area contributed by atoms with Gasteiger partial charge < -0.3 is 0 Å². The van der Waals surface area contributed by atoms with Gasteiger partial charge in [0, 0.05) is 12.1 Å². The maximum atomic E-state index is 11.7. The summed E-state index contributed by atoms with van der Waals surface area (Å²) in [5, 5.41) is 22.1. The van der Waals surface area contributed by atoms with Crippen molar-refractivity contribution in [1.82, 2.24) is 0 Å². The molecule has 0 spiro atoms. The van der Waals surface area contributed by atoms with E-state index < -0.39 is 11.0 Å². The molecule has 4 nitrogen and oxygen atoms in total. The molecular formula is C12H16NO3. The Morgan fingerprint density at radius 3 is 2.38 bits per heavy atom.